The van der Waals surface area contributed by atoms with Gasteiger partial charge in [0.05, 0.1) is 11.3 Å². The van der Waals surface area contributed by atoms with Crippen molar-refractivity contribution < 1.29 is 40.6 Å². The van der Waals surface area contributed by atoms with Crippen molar-refractivity contribution in [1.29, 1.82) is 0 Å². The Hall–Kier alpha value is -3.71. The molecule has 0 saturated heterocycles. The molecule has 4 rings (SSSR count). The number of fused-ring (bicyclic) bond motifs is 2. The van der Waals surface area contributed by atoms with Gasteiger partial charge in [-0.1, -0.05) is 39.5 Å². The van der Waals surface area contributed by atoms with Gasteiger partial charge in [-0.2, -0.15) is 16.8 Å². The van der Waals surface area contributed by atoms with E-state index in [1.807, 2.05) is 20.8 Å². The Bertz CT molecular complexity index is 1840. The Labute approximate surface area is 212 Å². The Morgan fingerprint density at radius 1 is 0.892 bits per heavy atom. The minimum absolute atomic E-state index is 0.0287. The van der Waals surface area contributed by atoms with Gasteiger partial charge >= 0.3 is 5.97 Å². The van der Waals surface area contributed by atoms with E-state index >= 15 is 0 Å². The lowest BCUT2D eigenvalue weighted by Crippen LogP contribution is -2.27. The second-order valence-electron chi connectivity index (χ2n) is 9.53. The molecule has 0 unspecified atom stereocenters. The number of hydrogen-bond acceptors (Lipinski definition) is 7. The number of nitrogens with two attached hydrogens (primary N) is 1. The van der Waals surface area contributed by atoms with Gasteiger partial charge in [-0.05, 0) is 52.1 Å². The Kier molecular flexibility index (Phi) is 5.99. The molecule has 0 fully saturated rings. The summed E-state index contributed by atoms with van der Waals surface area (Å²) in [4.78, 5) is 10.7. The fraction of sp³-hybridized carbons (Fsp3) is 0.160. The summed E-state index contributed by atoms with van der Waals surface area (Å²) in [7, 11) is -9.97. The van der Waals surface area contributed by atoms with Crippen molar-refractivity contribution in [3.05, 3.63) is 75.2 Å². The number of rotatable bonds is 4. The summed E-state index contributed by atoms with van der Waals surface area (Å²) in [6, 6.07) is 9.92. The second kappa shape index (κ2) is 8.42. The zero-order chi connectivity index (χ0) is 27.7. The van der Waals surface area contributed by atoms with Crippen LogP contribution in [0.25, 0.3) is 12.2 Å². The normalized spacial score (nSPS) is 13.5. The summed E-state index contributed by atoms with van der Waals surface area (Å²) in [5.74, 6) is -2.32. The maximum atomic E-state index is 12.3. The summed E-state index contributed by atoms with van der Waals surface area (Å²) in [6.45, 7) is 9.34. The first-order valence-electron chi connectivity index (χ1n) is 10.7. The number of benzene rings is 3. The second-order valence-corrected chi connectivity index (χ2v) is 12.3. The fourth-order valence-electron chi connectivity index (χ4n) is 4.27. The average Bonchev–Trinajstić information content (AvgIpc) is 2.74. The molecule has 1 heterocycles. The van der Waals surface area contributed by atoms with Gasteiger partial charge in [0.2, 0.25) is 0 Å². The SMILES string of the molecule is C=c1ccc2c(c1S(=O)(=O)O)Oc1c(ccc(N)c1S(=O)(=O)O)C=2c1cc(C(C)(C)C)ccc1C(=O)O. The molecule has 0 radical (unpaired) electrons. The number of ether oxygens (including phenoxy) is 1. The summed E-state index contributed by atoms with van der Waals surface area (Å²) in [5, 5.41) is 9.88. The number of nitrogen functional groups attached to an aromatic ring is 1. The van der Waals surface area contributed by atoms with E-state index in [9.17, 15) is 35.8 Å². The molecule has 0 spiro atoms. The van der Waals surface area contributed by atoms with Crippen LogP contribution in [0.5, 0.6) is 11.5 Å². The largest absolute Gasteiger partial charge is 0.478 e. The third-order valence-corrected chi connectivity index (χ3v) is 7.88. The Morgan fingerprint density at radius 3 is 2.05 bits per heavy atom. The highest BCUT2D eigenvalue weighted by Gasteiger charge is 2.34. The van der Waals surface area contributed by atoms with Crippen LogP contribution in [0.15, 0.2) is 52.3 Å². The van der Waals surface area contributed by atoms with Gasteiger partial charge < -0.3 is 15.6 Å². The van der Waals surface area contributed by atoms with Crippen LogP contribution in [-0.4, -0.2) is 37.0 Å². The van der Waals surface area contributed by atoms with Crippen molar-refractivity contribution >= 4 is 44.0 Å². The maximum absolute atomic E-state index is 12.3. The van der Waals surface area contributed by atoms with Gasteiger partial charge in [-0.3, -0.25) is 9.11 Å². The Morgan fingerprint density at radius 2 is 1.51 bits per heavy atom. The zero-order valence-electron chi connectivity index (χ0n) is 19.9. The van der Waals surface area contributed by atoms with Gasteiger partial charge in [0.25, 0.3) is 20.2 Å². The van der Waals surface area contributed by atoms with Gasteiger partial charge in [-0.25, -0.2) is 4.79 Å². The number of carbonyl (C=O) groups is 1. The predicted molar refractivity (Wildman–Crippen MR) is 135 cm³/mol. The third kappa shape index (κ3) is 4.48. The molecule has 37 heavy (non-hydrogen) atoms. The highest BCUT2D eigenvalue weighted by Crippen LogP contribution is 2.45. The van der Waals surface area contributed by atoms with Crippen LogP contribution in [0, 0.1) is 0 Å². The standard InChI is InChI=1S/C25H23NO9S2/c1-12-5-7-15-19(17-11-13(25(2,3)4)6-8-14(17)24(27)28)16-9-10-18(26)23(37(32,33)34)21(16)35-20(15)22(12)36(29,30)31/h5-11H,1,26H2,2-4H3,(H,27,28)(H,29,30,31)(H,32,33,34). The van der Waals surface area contributed by atoms with E-state index in [0.717, 1.165) is 5.56 Å². The number of anilines is 1. The van der Waals surface area contributed by atoms with E-state index in [2.05, 4.69) is 6.58 Å². The van der Waals surface area contributed by atoms with E-state index in [1.54, 1.807) is 12.1 Å². The van der Waals surface area contributed by atoms with Crippen LogP contribution in [-0.2, 0) is 25.7 Å². The van der Waals surface area contributed by atoms with Gasteiger partial charge in [0.15, 0.2) is 16.4 Å². The van der Waals surface area contributed by atoms with Crippen LogP contribution < -0.4 is 20.9 Å². The van der Waals surface area contributed by atoms with Crippen molar-refractivity contribution in [2.75, 3.05) is 5.73 Å². The first-order chi connectivity index (χ1) is 16.9. The number of carboxylic acids is 1. The quantitative estimate of drug-likeness (QED) is 0.220. The van der Waals surface area contributed by atoms with E-state index in [0.29, 0.717) is 0 Å². The van der Waals surface area contributed by atoms with Gasteiger partial charge in [0, 0.05) is 16.4 Å². The highest BCUT2D eigenvalue weighted by molar-refractivity contribution is 7.86. The van der Waals surface area contributed by atoms with E-state index in [-0.39, 0.29) is 32.7 Å². The zero-order valence-corrected chi connectivity index (χ0v) is 21.6. The topological polar surface area (TPSA) is 181 Å². The Balaban J connectivity index is 2.35. The van der Waals surface area contributed by atoms with Gasteiger partial charge in [-0.15, -0.1) is 0 Å². The third-order valence-electron chi connectivity index (χ3n) is 5.98. The first-order valence-corrected chi connectivity index (χ1v) is 13.6. The van der Waals surface area contributed by atoms with Gasteiger partial charge in [0.1, 0.15) is 4.90 Å². The molecular weight excluding hydrogens is 522 g/mol. The number of aromatic carboxylic acids is 1. The summed E-state index contributed by atoms with van der Waals surface area (Å²) in [6.07, 6.45) is 0. The first kappa shape index (κ1) is 26.4. The van der Waals surface area contributed by atoms with Crippen molar-refractivity contribution in [3.8, 4) is 11.5 Å². The van der Waals surface area contributed by atoms with Crippen molar-refractivity contribution in [3.63, 3.8) is 0 Å². The minimum atomic E-state index is -5.01. The lowest BCUT2D eigenvalue weighted by atomic mass is 9.82. The molecular formula is C25H23NO9S2. The molecule has 0 aromatic heterocycles. The molecule has 0 atom stereocenters. The molecule has 0 amide bonds. The molecule has 0 aliphatic carbocycles. The predicted octanol–water partition coefficient (Wildman–Crippen LogP) is 2.52. The molecule has 3 aromatic carbocycles. The molecule has 10 nitrogen and oxygen atoms in total. The monoisotopic (exact) mass is 545 g/mol. The molecule has 1 aliphatic rings. The van der Waals surface area contributed by atoms with Crippen molar-refractivity contribution in [2.24, 2.45) is 0 Å². The number of carboxylic acid groups (broad SMARTS) is 1. The van der Waals surface area contributed by atoms with E-state index in [4.69, 9.17) is 10.5 Å². The van der Waals surface area contributed by atoms with E-state index < -0.39 is 58.6 Å². The van der Waals surface area contributed by atoms with E-state index in [1.165, 1.54) is 30.3 Å². The van der Waals surface area contributed by atoms with Crippen LogP contribution >= 0.6 is 0 Å². The molecule has 12 heteroatoms. The van der Waals surface area contributed by atoms with Crippen LogP contribution in [0.1, 0.15) is 47.8 Å². The van der Waals surface area contributed by atoms with Crippen LogP contribution in [0.4, 0.5) is 5.69 Å². The molecule has 194 valence electrons. The highest BCUT2D eigenvalue weighted by atomic mass is 32.2. The fourth-order valence-corrected chi connectivity index (χ4v) is 5.81. The summed E-state index contributed by atoms with van der Waals surface area (Å²) in [5.41, 5.74) is 5.82. The molecule has 3 aromatic rings. The van der Waals surface area contributed by atoms with Crippen LogP contribution in [0.3, 0.4) is 0 Å². The molecule has 0 saturated carbocycles. The lowest BCUT2D eigenvalue weighted by Gasteiger charge is -2.26. The van der Waals surface area contributed by atoms with Crippen LogP contribution in [0.2, 0.25) is 0 Å². The number of hydrogen-bond donors (Lipinski definition) is 4. The minimum Gasteiger partial charge on any atom is -0.478 e. The average molecular weight is 546 g/mol. The lowest BCUT2D eigenvalue weighted by molar-refractivity contribution is 0.0696. The smallest absolute Gasteiger partial charge is 0.336 e. The van der Waals surface area contributed by atoms with Crippen molar-refractivity contribution in [1.82, 2.24) is 0 Å². The summed E-state index contributed by atoms with van der Waals surface area (Å²) < 4.78 is 74.9. The van der Waals surface area contributed by atoms with Crippen molar-refractivity contribution in [2.45, 2.75) is 36.0 Å². The molecule has 1 aliphatic heterocycles. The maximum Gasteiger partial charge on any atom is 0.336 e. The molecule has 5 N–H and O–H groups in total. The molecule has 0 bridgehead atoms. The summed E-state index contributed by atoms with van der Waals surface area (Å²) >= 11 is 0.